The molecule has 17 heavy (non-hydrogen) atoms. The minimum atomic E-state index is -4.34. The second-order valence-corrected chi connectivity index (χ2v) is 5.71. The molecule has 5 nitrogen and oxygen atoms in total. The van der Waals surface area contributed by atoms with Gasteiger partial charge in [0, 0.05) is 22.9 Å². The summed E-state index contributed by atoms with van der Waals surface area (Å²) in [6.07, 6.45) is 0.505. The fourth-order valence-electron chi connectivity index (χ4n) is 1.75. The van der Waals surface area contributed by atoms with E-state index in [0.717, 1.165) is 0 Å². The maximum absolute atomic E-state index is 11.0. The smallest absolute Gasteiger partial charge is 0.303 e. The zero-order valence-electron chi connectivity index (χ0n) is 8.54. The molecule has 0 aliphatic carbocycles. The Morgan fingerprint density at radius 3 is 2.76 bits per heavy atom. The van der Waals surface area contributed by atoms with Gasteiger partial charge in [0.05, 0.1) is 0 Å². The van der Waals surface area contributed by atoms with Crippen molar-refractivity contribution in [3.8, 4) is 5.75 Å². The molecular weight excluding hydrogens is 268 g/mol. The Balaban J connectivity index is 2.46. The number of aldehydes is 1. The average molecular weight is 277 g/mol. The van der Waals surface area contributed by atoms with Crippen LogP contribution in [0, 0.1) is 0 Å². The Kier molecular flexibility index (Phi) is 3.11. The van der Waals surface area contributed by atoms with Crippen LogP contribution in [0.3, 0.4) is 0 Å². The zero-order valence-corrected chi connectivity index (χ0v) is 10.1. The zero-order chi connectivity index (χ0) is 12.6. The predicted molar refractivity (Wildman–Crippen MR) is 60.8 cm³/mol. The highest BCUT2D eigenvalue weighted by Gasteiger charge is 2.35. The van der Waals surface area contributed by atoms with Crippen LogP contribution >= 0.6 is 11.6 Å². The van der Waals surface area contributed by atoms with Gasteiger partial charge in [-0.25, -0.2) is 0 Å². The van der Waals surface area contributed by atoms with Crippen LogP contribution in [-0.4, -0.2) is 24.7 Å². The Morgan fingerprint density at radius 2 is 2.18 bits per heavy atom. The van der Waals surface area contributed by atoms with E-state index in [1.807, 2.05) is 0 Å². The molecule has 1 N–H and O–H groups in total. The van der Waals surface area contributed by atoms with E-state index in [-0.39, 0.29) is 12.2 Å². The van der Waals surface area contributed by atoms with Crippen molar-refractivity contribution < 1.29 is 22.5 Å². The number of ether oxygens (including phenoxy) is 1. The first kappa shape index (κ1) is 12.3. The molecule has 1 aromatic carbocycles. The van der Waals surface area contributed by atoms with Gasteiger partial charge in [-0.3, -0.25) is 4.55 Å². The molecule has 2 atom stereocenters. The third-order valence-corrected chi connectivity index (χ3v) is 3.76. The summed E-state index contributed by atoms with van der Waals surface area (Å²) in [6, 6.07) is 4.55. The molecular formula is C10H9ClO5S. The van der Waals surface area contributed by atoms with Crippen LogP contribution in [0.2, 0.25) is 5.02 Å². The van der Waals surface area contributed by atoms with E-state index in [2.05, 4.69) is 0 Å². The van der Waals surface area contributed by atoms with Crippen molar-refractivity contribution in [1.82, 2.24) is 0 Å². The summed E-state index contributed by atoms with van der Waals surface area (Å²) in [5, 5.41) is 0.435. The lowest BCUT2D eigenvalue weighted by Crippen LogP contribution is -2.33. The summed E-state index contributed by atoms with van der Waals surface area (Å²) in [5.74, 6) is -0.398. The Morgan fingerprint density at radius 1 is 1.47 bits per heavy atom. The molecule has 7 heteroatoms. The topological polar surface area (TPSA) is 80.7 Å². The molecule has 0 fully saturated rings. The summed E-state index contributed by atoms with van der Waals surface area (Å²) >= 11 is 5.79. The molecule has 1 heterocycles. The van der Waals surface area contributed by atoms with Crippen LogP contribution in [0.1, 0.15) is 17.9 Å². The van der Waals surface area contributed by atoms with Gasteiger partial charge in [-0.15, -0.1) is 0 Å². The molecule has 2 rings (SSSR count). The highest BCUT2D eigenvalue weighted by atomic mass is 35.5. The van der Waals surface area contributed by atoms with Gasteiger partial charge >= 0.3 is 10.1 Å². The van der Waals surface area contributed by atoms with Gasteiger partial charge in [0.15, 0.2) is 0 Å². The third kappa shape index (κ3) is 2.43. The molecule has 0 saturated carbocycles. The van der Waals surface area contributed by atoms with Crippen LogP contribution in [0.4, 0.5) is 0 Å². The minimum Gasteiger partial charge on any atom is -0.472 e. The molecule has 0 amide bonds. The van der Waals surface area contributed by atoms with Gasteiger partial charge in [0.2, 0.25) is 5.44 Å². The van der Waals surface area contributed by atoms with Crippen molar-refractivity contribution in [3.63, 3.8) is 0 Å². The van der Waals surface area contributed by atoms with E-state index in [1.165, 1.54) is 12.1 Å². The number of carbonyl (C=O) groups is 1. The number of hydrogen-bond acceptors (Lipinski definition) is 4. The molecule has 0 radical (unpaired) electrons. The number of carbonyl (C=O) groups excluding carboxylic acids is 1. The molecule has 92 valence electrons. The molecule has 0 bridgehead atoms. The van der Waals surface area contributed by atoms with Gasteiger partial charge in [0.25, 0.3) is 0 Å². The van der Waals surface area contributed by atoms with E-state index in [9.17, 15) is 13.2 Å². The van der Waals surface area contributed by atoms with E-state index in [0.29, 0.717) is 16.9 Å². The van der Waals surface area contributed by atoms with Gasteiger partial charge < -0.3 is 9.53 Å². The van der Waals surface area contributed by atoms with Crippen molar-refractivity contribution in [2.24, 2.45) is 0 Å². The number of halogens is 1. The molecule has 1 aliphatic rings. The normalized spacial score (nSPS) is 23.6. The number of hydrogen-bond donors (Lipinski definition) is 1. The van der Waals surface area contributed by atoms with Gasteiger partial charge in [-0.1, -0.05) is 11.6 Å². The first-order chi connectivity index (χ1) is 7.91. The molecule has 0 aromatic heterocycles. The second kappa shape index (κ2) is 4.29. The summed E-state index contributed by atoms with van der Waals surface area (Å²) < 4.78 is 36.1. The van der Waals surface area contributed by atoms with Crippen molar-refractivity contribution in [3.05, 3.63) is 28.8 Å². The maximum Gasteiger partial charge on any atom is 0.303 e. The highest BCUT2D eigenvalue weighted by molar-refractivity contribution is 7.86. The lowest BCUT2D eigenvalue weighted by molar-refractivity contribution is -0.109. The molecule has 1 aliphatic heterocycles. The second-order valence-electron chi connectivity index (χ2n) is 3.72. The van der Waals surface area contributed by atoms with Gasteiger partial charge in [0.1, 0.15) is 12.0 Å². The van der Waals surface area contributed by atoms with Gasteiger partial charge in [-0.05, 0) is 18.2 Å². The van der Waals surface area contributed by atoms with E-state index >= 15 is 0 Å². The van der Waals surface area contributed by atoms with Crippen LogP contribution < -0.4 is 4.74 Å². The fourth-order valence-corrected chi connectivity index (χ4v) is 2.61. The first-order valence-corrected chi connectivity index (χ1v) is 6.67. The van der Waals surface area contributed by atoms with Gasteiger partial charge in [-0.2, -0.15) is 8.42 Å². The van der Waals surface area contributed by atoms with Crippen LogP contribution in [0.25, 0.3) is 0 Å². The Labute approximate surface area is 103 Å². The van der Waals surface area contributed by atoms with E-state index in [1.54, 1.807) is 6.07 Å². The highest BCUT2D eigenvalue weighted by Crippen LogP contribution is 2.37. The maximum atomic E-state index is 11.0. The molecule has 1 aromatic rings. The number of fused-ring (bicyclic) bond motifs is 1. The van der Waals surface area contributed by atoms with Crippen LogP contribution in [0.15, 0.2) is 18.2 Å². The standard InChI is InChI=1S/C10H9ClO5S/c11-7-1-2-9-8(4-7)6(5-12)3-10(16-9)17(13,14)15/h1-2,4-6,10H,3H2,(H,13,14,15). The third-order valence-electron chi connectivity index (χ3n) is 2.57. The van der Waals surface area contributed by atoms with Crippen molar-refractivity contribution in [2.45, 2.75) is 17.8 Å². The van der Waals surface area contributed by atoms with Crippen LogP contribution in [0.5, 0.6) is 5.75 Å². The quantitative estimate of drug-likeness (QED) is 0.656. The Bertz CT molecular complexity index is 554. The lowest BCUT2D eigenvalue weighted by atomic mass is 9.94. The summed E-state index contributed by atoms with van der Waals surface area (Å²) in [5.41, 5.74) is -0.876. The fraction of sp³-hybridized carbons (Fsp3) is 0.300. The SMILES string of the molecule is O=CC1CC(S(=O)(=O)O)Oc2ccc(Cl)cc21. The average Bonchev–Trinajstić information content (AvgIpc) is 2.26. The molecule has 0 saturated heterocycles. The number of rotatable bonds is 2. The predicted octanol–water partition coefficient (Wildman–Crippen LogP) is 1.62. The summed E-state index contributed by atoms with van der Waals surface area (Å²) in [6.45, 7) is 0. The van der Waals surface area contributed by atoms with Crippen LogP contribution in [-0.2, 0) is 14.9 Å². The van der Waals surface area contributed by atoms with E-state index < -0.39 is 21.5 Å². The van der Waals surface area contributed by atoms with Crippen molar-refractivity contribution >= 4 is 28.0 Å². The van der Waals surface area contributed by atoms with Crippen molar-refractivity contribution in [1.29, 1.82) is 0 Å². The largest absolute Gasteiger partial charge is 0.472 e. The Hall–Kier alpha value is -1.11. The molecule has 2 unspecified atom stereocenters. The van der Waals surface area contributed by atoms with E-state index in [4.69, 9.17) is 20.9 Å². The monoisotopic (exact) mass is 276 g/mol. The molecule has 0 spiro atoms. The lowest BCUT2D eigenvalue weighted by Gasteiger charge is -2.27. The number of benzene rings is 1. The minimum absolute atomic E-state index is 0.115. The summed E-state index contributed by atoms with van der Waals surface area (Å²) in [7, 11) is -4.34. The summed E-state index contributed by atoms with van der Waals surface area (Å²) in [4.78, 5) is 10.9. The van der Waals surface area contributed by atoms with Crippen molar-refractivity contribution in [2.75, 3.05) is 0 Å². The first-order valence-electron chi connectivity index (χ1n) is 4.79.